The number of thioether (sulfide) groups is 2. The number of hydrogen-bond donors (Lipinski definition) is 1. The van der Waals surface area contributed by atoms with Gasteiger partial charge in [-0.1, -0.05) is 23.5 Å². The number of aryl methyl sites for hydroxylation is 1. The normalized spacial score (nSPS) is 16.3. The third-order valence-corrected chi connectivity index (χ3v) is 5.93. The maximum absolute atomic E-state index is 5.78. The van der Waals surface area contributed by atoms with Gasteiger partial charge in [-0.3, -0.25) is 4.98 Å². The van der Waals surface area contributed by atoms with Gasteiger partial charge >= 0.3 is 0 Å². The number of fused-ring (bicyclic) bond motifs is 1. The van der Waals surface area contributed by atoms with Crippen LogP contribution in [-0.4, -0.2) is 40.7 Å². The van der Waals surface area contributed by atoms with Gasteiger partial charge in [-0.25, -0.2) is 9.97 Å². The van der Waals surface area contributed by atoms with Crippen molar-refractivity contribution in [2.75, 3.05) is 11.5 Å². The Bertz CT molecular complexity index is 845. The van der Waals surface area contributed by atoms with Gasteiger partial charge in [0, 0.05) is 47.3 Å². The van der Waals surface area contributed by atoms with Crippen molar-refractivity contribution in [3.63, 3.8) is 0 Å². The van der Waals surface area contributed by atoms with Gasteiger partial charge in [-0.15, -0.1) is 10.2 Å². The quantitative estimate of drug-likeness (QED) is 0.561. The van der Waals surface area contributed by atoms with E-state index in [0.717, 1.165) is 39.7 Å². The molecule has 1 atom stereocenters. The van der Waals surface area contributed by atoms with E-state index in [0.29, 0.717) is 11.1 Å². The first-order chi connectivity index (χ1) is 11.7. The monoisotopic (exact) mass is 357 g/mol. The molecule has 122 valence electrons. The zero-order valence-electron chi connectivity index (χ0n) is 13.0. The Balaban J connectivity index is 1.45. The molecule has 0 aliphatic carbocycles. The molecule has 0 fully saturated rings. The summed E-state index contributed by atoms with van der Waals surface area (Å²) in [5, 5.41) is 10.7. The summed E-state index contributed by atoms with van der Waals surface area (Å²) < 4.78 is 2.15. The van der Waals surface area contributed by atoms with Crippen LogP contribution in [0.3, 0.4) is 0 Å². The second kappa shape index (κ2) is 6.40. The number of rotatable bonds is 4. The van der Waals surface area contributed by atoms with E-state index in [9.17, 15) is 0 Å². The molecule has 0 aromatic carbocycles. The van der Waals surface area contributed by atoms with Gasteiger partial charge in [0.1, 0.15) is 5.82 Å². The van der Waals surface area contributed by atoms with Crippen LogP contribution in [0, 0.1) is 6.92 Å². The highest BCUT2D eigenvalue weighted by Crippen LogP contribution is 2.36. The van der Waals surface area contributed by atoms with Crippen molar-refractivity contribution in [3.05, 3.63) is 36.3 Å². The van der Waals surface area contributed by atoms with Crippen molar-refractivity contribution >= 4 is 29.3 Å². The number of aromatic nitrogens is 6. The molecule has 3 aromatic rings. The largest absolute Gasteiger partial charge is 0.384 e. The standard InChI is InChI=1S/C15H15N7S2/c1-9-5-12(16)19-14(18-9)23-8-11-7-22-13(20-21-15(22)24-11)10-3-2-4-17-6-10/h2-6,11H,7-8H2,1H3,(H2,16,18,19)/t11-/m1/s1. The molecule has 0 amide bonds. The Morgan fingerprint density at radius 3 is 3.08 bits per heavy atom. The topological polar surface area (TPSA) is 95.4 Å². The minimum Gasteiger partial charge on any atom is -0.384 e. The third kappa shape index (κ3) is 3.09. The molecule has 7 nitrogen and oxygen atoms in total. The van der Waals surface area contributed by atoms with Gasteiger partial charge in [0.15, 0.2) is 16.1 Å². The summed E-state index contributed by atoms with van der Waals surface area (Å²) >= 11 is 3.37. The minimum atomic E-state index is 0.404. The molecule has 1 aliphatic rings. The smallest absolute Gasteiger partial charge is 0.191 e. The van der Waals surface area contributed by atoms with Crippen molar-refractivity contribution in [3.8, 4) is 11.4 Å². The average molecular weight is 357 g/mol. The number of nitrogens with two attached hydrogens (primary N) is 1. The van der Waals surface area contributed by atoms with Crippen LogP contribution < -0.4 is 5.73 Å². The highest BCUT2D eigenvalue weighted by Gasteiger charge is 2.27. The molecule has 4 rings (SSSR count). The molecule has 4 heterocycles. The Morgan fingerprint density at radius 1 is 1.38 bits per heavy atom. The maximum Gasteiger partial charge on any atom is 0.191 e. The van der Waals surface area contributed by atoms with E-state index < -0.39 is 0 Å². The lowest BCUT2D eigenvalue weighted by molar-refractivity contribution is 0.677. The zero-order valence-corrected chi connectivity index (χ0v) is 14.6. The molecule has 2 N–H and O–H groups in total. The molecular formula is C15H15N7S2. The van der Waals surface area contributed by atoms with Crippen molar-refractivity contribution in [1.29, 1.82) is 0 Å². The lowest BCUT2D eigenvalue weighted by Gasteiger charge is -2.08. The van der Waals surface area contributed by atoms with E-state index in [1.807, 2.05) is 25.3 Å². The number of hydrogen-bond acceptors (Lipinski definition) is 8. The fraction of sp³-hybridized carbons (Fsp3) is 0.267. The average Bonchev–Trinajstić information content (AvgIpc) is 3.13. The van der Waals surface area contributed by atoms with E-state index in [-0.39, 0.29) is 0 Å². The van der Waals surface area contributed by atoms with E-state index in [4.69, 9.17) is 5.73 Å². The van der Waals surface area contributed by atoms with Crippen LogP contribution in [0.5, 0.6) is 0 Å². The van der Waals surface area contributed by atoms with Crippen LogP contribution in [0.4, 0.5) is 5.82 Å². The SMILES string of the molecule is Cc1cc(N)nc(SC[C@H]2Cn3c(nnc3-c3cccnc3)S2)n1. The molecular weight excluding hydrogens is 342 g/mol. The second-order valence-electron chi connectivity index (χ2n) is 5.43. The lowest BCUT2D eigenvalue weighted by atomic mass is 10.2. The molecule has 9 heteroatoms. The zero-order chi connectivity index (χ0) is 16.5. The summed E-state index contributed by atoms with van der Waals surface area (Å²) in [4.78, 5) is 12.8. The molecule has 24 heavy (non-hydrogen) atoms. The van der Waals surface area contributed by atoms with E-state index in [1.165, 1.54) is 0 Å². The summed E-state index contributed by atoms with van der Waals surface area (Å²) in [6.45, 7) is 2.79. The van der Waals surface area contributed by atoms with Gasteiger partial charge in [0.05, 0.1) is 0 Å². The van der Waals surface area contributed by atoms with Gasteiger partial charge in [-0.2, -0.15) is 0 Å². The summed E-state index contributed by atoms with van der Waals surface area (Å²) in [6, 6.07) is 5.68. The van der Waals surface area contributed by atoms with Crippen molar-refractivity contribution in [2.45, 2.75) is 29.0 Å². The Morgan fingerprint density at radius 2 is 2.29 bits per heavy atom. The van der Waals surface area contributed by atoms with Crippen LogP contribution in [-0.2, 0) is 6.54 Å². The first-order valence-electron chi connectivity index (χ1n) is 7.43. The van der Waals surface area contributed by atoms with Gasteiger partial charge in [-0.05, 0) is 19.1 Å². The van der Waals surface area contributed by atoms with Crippen molar-refractivity contribution < 1.29 is 0 Å². The van der Waals surface area contributed by atoms with Crippen LogP contribution in [0.1, 0.15) is 5.69 Å². The summed E-state index contributed by atoms with van der Waals surface area (Å²) in [5.74, 6) is 2.28. The first kappa shape index (κ1) is 15.4. The number of anilines is 1. The van der Waals surface area contributed by atoms with Gasteiger partial charge in [0.25, 0.3) is 0 Å². The highest BCUT2D eigenvalue weighted by atomic mass is 32.2. The second-order valence-corrected chi connectivity index (χ2v) is 7.68. The summed E-state index contributed by atoms with van der Waals surface area (Å²) in [7, 11) is 0. The predicted octanol–water partition coefficient (Wildman–Crippen LogP) is 2.29. The molecule has 1 aliphatic heterocycles. The maximum atomic E-state index is 5.78. The molecule has 0 spiro atoms. The third-order valence-electron chi connectivity index (χ3n) is 3.55. The van der Waals surface area contributed by atoms with Crippen molar-refractivity contribution in [2.24, 2.45) is 0 Å². The number of nitrogens with zero attached hydrogens (tertiary/aromatic N) is 6. The Hall–Kier alpha value is -2.13. The molecule has 3 aromatic heterocycles. The molecule has 0 unspecified atom stereocenters. The number of pyridine rings is 1. The van der Waals surface area contributed by atoms with Crippen LogP contribution in [0.2, 0.25) is 0 Å². The fourth-order valence-electron chi connectivity index (χ4n) is 2.52. The van der Waals surface area contributed by atoms with Crippen molar-refractivity contribution in [1.82, 2.24) is 29.7 Å². The van der Waals surface area contributed by atoms with Crippen LogP contribution in [0.15, 0.2) is 40.9 Å². The molecule has 0 saturated heterocycles. The predicted molar refractivity (Wildman–Crippen MR) is 94.8 cm³/mol. The van der Waals surface area contributed by atoms with E-state index in [2.05, 4.69) is 29.7 Å². The molecule has 0 bridgehead atoms. The minimum absolute atomic E-state index is 0.404. The summed E-state index contributed by atoms with van der Waals surface area (Å²) in [5.41, 5.74) is 7.66. The molecule has 0 saturated carbocycles. The Kier molecular flexibility index (Phi) is 4.11. The van der Waals surface area contributed by atoms with Crippen LogP contribution in [0.25, 0.3) is 11.4 Å². The van der Waals surface area contributed by atoms with Gasteiger partial charge in [0.2, 0.25) is 0 Å². The van der Waals surface area contributed by atoms with Crippen LogP contribution >= 0.6 is 23.5 Å². The highest BCUT2D eigenvalue weighted by molar-refractivity contribution is 8.03. The van der Waals surface area contributed by atoms with Gasteiger partial charge < -0.3 is 10.3 Å². The Labute approximate surface area is 147 Å². The van der Waals surface area contributed by atoms with E-state index in [1.54, 1.807) is 35.8 Å². The number of nitrogen functional groups attached to an aromatic ring is 1. The first-order valence-corrected chi connectivity index (χ1v) is 9.30. The lowest BCUT2D eigenvalue weighted by Crippen LogP contribution is -2.10. The summed E-state index contributed by atoms with van der Waals surface area (Å²) in [6.07, 6.45) is 3.57. The van der Waals surface area contributed by atoms with E-state index >= 15 is 0 Å². The fourth-order valence-corrected chi connectivity index (χ4v) is 4.72. The molecule has 0 radical (unpaired) electrons.